The Balaban J connectivity index is 2.05. The molecule has 0 radical (unpaired) electrons. The quantitative estimate of drug-likeness (QED) is 0.758. The van der Waals surface area contributed by atoms with Gasteiger partial charge in [0, 0.05) is 23.1 Å². The van der Waals surface area contributed by atoms with Gasteiger partial charge in [0.05, 0.1) is 5.56 Å². The van der Waals surface area contributed by atoms with Crippen molar-refractivity contribution in [3.63, 3.8) is 0 Å². The van der Waals surface area contributed by atoms with Crippen LogP contribution in [0.4, 0.5) is 0 Å². The molecule has 2 N–H and O–H groups in total. The Morgan fingerprint density at radius 2 is 2.14 bits per heavy atom. The third-order valence-corrected chi connectivity index (χ3v) is 4.43. The molecule has 0 spiro atoms. The first kappa shape index (κ1) is 16.1. The van der Waals surface area contributed by atoms with E-state index in [1.54, 1.807) is 17.0 Å². The third-order valence-electron chi connectivity index (χ3n) is 3.76. The number of carbonyl (C=O) groups excluding carboxylic acids is 1. The van der Waals surface area contributed by atoms with E-state index in [9.17, 15) is 14.7 Å². The maximum absolute atomic E-state index is 12.5. The van der Waals surface area contributed by atoms with Crippen molar-refractivity contribution in [2.45, 2.75) is 25.7 Å². The molecule has 2 rings (SSSR count). The summed E-state index contributed by atoms with van der Waals surface area (Å²) in [5.41, 5.74) is 0.320. The van der Waals surface area contributed by atoms with Crippen molar-refractivity contribution in [3.8, 4) is 5.75 Å². The zero-order chi connectivity index (χ0) is 15.4. The number of hydrogen-bond donors (Lipinski definition) is 2. The number of benzene rings is 1. The van der Waals surface area contributed by atoms with Crippen molar-refractivity contribution >= 4 is 34.5 Å². The Kier molecular flexibility index (Phi) is 5.44. The van der Waals surface area contributed by atoms with Crippen molar-refractivity contribution in [2.75, 3.05) is 13.1 Å². The second kappa shape index (κ2) is 7.11. The second-order valence-electron chi connectivity index (χ2n) is 5.35. The van der Waals surface area contributed by atoms with E-state index in [1.807, 2.05) is 0 Å². The van der Waals surface area contributed by atoms with Gasteiger partial charge in [-0.25, -0.2) is 0 Å². The summed E-state index contributed by atoms with van der Waals surface area (Å²) in [5, 5.41) is 18.6. The molecule has 0 aliphatic carbocycles. The lowest BCUT2D eigenvalue weighted by Crippen LogP contribution is -2.40. The number of nitrogens with zero attached hydrogens (tertiary/aromatic N) is 1. The second-order valence-corrected chi connectivity index (χ2v) is 6.60. The highest BCUT2D eigenvalue weighted by molar-refractivity contribution is 14.1. The highest BCUT2D eigenvalue weighted by atomic mass is 127. The van der Waals surface area contributed by atoms with Crippen LogP contribution in [0.2, 0.25) is 0 Å². The Bertz CT molecular complexity index is 546. The molecular weight excluding hydrogens is 385 g/mol. The Labute approximate surface area is 137 Å². The molecule has 0 saturated carbocycles. The van der Waals surface area contributed by atoms with Crippen LogP contribution in [0.25, 0.3) is 0 Å². The molecular formula is C15H18INO4. The SMILES string of the molecule is O=C(O)CCC1CCCN(C(=O)c2cc(I)ccc2O)C1. The molecule has 1 atom stereocenters. The molecule has 1 aliphatic heterocycles. The van der Waals surface area contributed by atoms with Crippen LogP contribution in [0.15, 0.2) is 18.2 Å². The smallest absolute Gasteiger partial charge is 0.303 e. The van der Waals surface area contributed by atoms with E-state index in [4.69, 9.17) is 5.11 Å². The topological polar surface area (TPSA) is 77.8 Å². The van der Waals surface area contributed by atoms with Gasteiger partial charge in [0.15, 0.2) is 0 Å². The van der Waals surface area contributed by atoms with E-state index in [0.29, 0.717) is 25.1 Å². The van der Waals surface area contributed by atoms with Crippen molar-refractivity contribution < 1.29 is 19.8 Å². The lowest BCUT2D eigenvalue weighted by Gasteiger charge is -2.32. The number of phenolic OH excluding ortho intramolecular Hbond substituents is 1. The number of hydrogen-bond acceptors (Lipinski definition) is 3. The Morgan fingerprint density at radius 3 is 2.86 bits per heavy atom. The molecule has 1 unspecified atom stereocenters. The number of carboxylic acid groups (broad SMARTS) is 1. The molecule has 0 aromatic heterocycles. The highest BCUT2D eigenvalue weighted by Crippen LogP contribution is 2.26. The number of amides is 1. The van der Waals surface area contributed by atoms with Crippen molar-refractivity contribution in [1.29, 1.82) is 0 Å². The maximum Gasteiger partial charge on any atom is 0.303 e. The maximum atomic E-state index is 12.5. The molecule has 1 aromatic carbocycles. The van der Waals surface area contributed by atoms with Gasteiger partial charge >= 0.3 is 5.97 Å². The number of carboxylic acids is 1. The minimum atomic E-state index is -0.797. The first-order chi connectivity index (χ1) is 9.97. The molecule has 21 heavy (non-hydrogen) atoms. The largest absolute Gasteiger partial charge is 0.507 e. The zero-order valence-electron chi connectivity index (χ0n) is 11.6. The van der Waals surface area contributed by atoms with E-state index in [-0.39, 0.29) is 24.0 Å². The van der Waals surface area contributed by atoms with Gasteiger partial charge in [-0.2, -0.15) is 0 Å². The molecule has 1 amide bonds. The minimum Gasteiger partial charge on any atom is -0.507 e. The molecule has 5 nitrogen and oxygen atoms in total. The predicted molar refractivity (Wildman–Crippen MR) is 86.3 cm³/mol. The van der Waals surface area contributed by atoms with Gasteiger partial charge in [-0.15, -0.1) is 0 Å². The first-order valence-corrected chi connectivity index (χ1v) is 8.05. The molecule has 1 saturated heterocycles. The molecule has 1 aromatic rings. The summed E-state index contributed by atoms with van der Waals surface area (Å²) in [7, 11) is 0. The lowest BCUT2D eigenvalue weighted by atomic mass is 9.93. The highest BCUT2D eigenvalue weighted by Gasteiger charge is 2.26. The van der Waals surface area contributed by atoms with Gasteiger partial charge in [-0.1, -0.05) is 0 Å². The minimum absolute atomic E-state index is 0.00641. The Hall–Kier alpha value is -1.31. The van der Waals surface area contributed by atoms with Crippen LogP contribution in [-0.4, -0.2) is 40.1 Å². The van der Waals surface area contributed by atoms with Gasteiger partial charge in [0.1, 0.15) is 5.75 Å². The average Bonchev–Trinajstić information content (AvgIpc) is 2.47. The van der Waals surface area contributed by atoms with Crippen molar-refractivity contribution in [2.24, 2.45) is 5.92 Å². The lowest BCUT2D eigenvalue weighted by molar-refractivity contribution is -0.137. The van der Waals surface area contributed by atoms with Crippen LogP contribution in [0.3, 0.4) is 0 Å². The molecule has 6 heteroatoms. The number of phenols is 1. The Morgan fingerprint density at radius 1 is 1.38 bits per heavy atom. The number of likely N-dealkylation sites (tertiary alicyclic amines) is 1. The van der Waals surface area contributed by atoms with Crippen LogP contribution in [0, 0.1) is 9.49 Å². The van der Waals surface area contributed by atoms with Crippen LogP contribution >= 0.6 is 22.6 Å². The van der Waals surface area contributed by atoms with Crippen LogP contribution < -0.4 is 0 Å². The number of rotatable bonds is 4. The molecule has 1 fully saturated rings. The van der Waals surface area contributed by atoms with Gasteiger partial charge in [0.25, 0.3) is 5.91 Å². The third kappa shape index (κ3) is 4.33. The summed E-state index contributed by atoms with van der Waals surface area (Å²) in [4.78, 5) is 24.9. The summed E-state index contributed by atoms with van der Waals surface area (Å²) in [5.74, 6) is -0.753. The number of halogens is 1. The van der Waals surface area contributed by atoms with Crippen LogP contribution in [-0.2, 0) is 4.79 Å². The first-order valence-electron chi connectivity index (χ1n) is 6.97. The van der Waals surface area contributed by atoms with E-state index in [0.717, 1.165) is 16.4 Å². The van der Waals surface area contributed by atoms with E-state index in [2.05, 4.69) is 22.6 Å². The molecule has 0 bridgehead atoms. The fraction of sp³-hybridized carbons (Fsp3) is 0.467. The summed E-state index contributed by atoms with van der Waals surface area (Å²) in [6.45, 7) is 1.23. The van der Waals surface area contributed by atoms with Crippen LogP contribution in [0.1, 0.15) is 36.0 Å². The normalized spacial score (nSPS) is 18.5. The number of piperidine rings is 1. The van der Waals surface area contributed by atoms with Gasteiger partial charge in [0.2, 0.25) is 0 Å². The summed E-state index contributed by atoms with van der Waals surface area (Å²) < 4.78 is 0.896. The molecule has 1 heterocycles. The zero-order valence-corrected chi connectivity index (χ0v) is 13.7. The number of aliphatic carboxylic acids is 1. The van der Waals surface area contributed by atoms with Crippen molar-refractivity contribution in [1.82, 2.24) is 4.90 Å². The fourth-order valence-electron chi connectivity index (χ4n) is 2.66. The van der Waals surface area contributed by atoms with E-state index < -0.39 is 5.97 Å². The van der Waals surface area contributed by atoms with E-state index >= 15 is 0 Å². The molecule has 114 valence electrons. The summed E-state index contributed by atoms with van der Waals surface area (Å²) in [6.07, 6.45) is 2.56. The van der Waals surface area contributed by atoms with Gasteiger partial charge in [-0.05, 0) is 66.0 Å². The number of carbonyl (C=O) groups is 2. The number of aromatic hydroxyl groups is 1. The summed E-state index contributed by atoms with van der Waals surface area (Å²) >= 11 is 2.10. The van der Waals surface area contributed by atoms with Gasteiger partial charge in [-0.3, -0.25) is 9.59 Å². The standard InChI is InChI=1S/C15H18INO4/c16-11-4-5-13(18)12(8-11)15(21)17-7-1-2-10(9-17)3-6-14(19)20/h4-5,8,10,18H,1-3,6-7,9H2,(H,19,20). The summed E-state index contributed by atoms with van der Waals surface area (Å²) in [6, 6.07) is 4.96. The predicted octanol–water partition coefficient (Wildman–Crippen LogP) is 2.71. The average molecular weight is 403 g/mol. The molecule has 1 aliphatic rings. The van der Waals surface area contributed by atoms with Gasteiger partial charge < -0.3 is 15.1 Å². The van der Waals surface area contributed by atoms with E-state index in [1.165, 1.54) is 6.07 Å². The monoisotopic (exact) mass is 403 g/mol. The van der Waals surface area contributed by atoms with Crippen LogP contribution in [0.5, 0.6) is 5.75 Å². The van der Waals surface area contributed by atoms with Crippen molar-refractivity contribution in [3.05, 3.63) is 27.3 Å². The fourth-order valence-corrected chi connectivity index (χ4v) is 3.15.